The first-order chi connectivity index (χ1) is 19.3. The van der Waals surface area contributed by atoms with Gasteiger partial charge in [0.1, 0.15) is 11.7 Å². The molecule has 212 valence electrons. The number of benzene rings is 1. The Labute approximate surface area is 232 Å². The third-order valence-electron chi connectivity index (χ3n) is 7.41. The third kappa shape index (κ3) is 6.63. The molecule has 2 fully saturated rings. The number of allylic oxidation sites excluding steroid dienone is 1. The number of hydrogen-bond donors (Lipinski definition) is 1. The van der Waals surface area contributed by atoms with Crippen LogP contribution in [0.15, 0.2) is 83.8 Å². The lowest BCUT2D eigenvalue weighted by molar-refractivity contribution is -0.123. The van der Waals surface area contributed by atoms with E-state index in [0.717, 1.165) is 56.5 Å². The van der Waals surface area contributed by atoms with Gasteiger partial charge < -0.3 is 10.1 Å². The summed E-state index contributed by atoms with van der Waals surface area (Å²) in [6.07, 6.45) is 2.65. The van der Waals surface area contributed by atoms with Crippen molar-refractivity contribution < 1.29 is 22.7 Å². The molecule has 0 aliphatic carbocycles. The van der Waals surface area contributed by atoms with E-state index in [1.807, 2.05) is 42.5 Å². The summed E-state index contributed by atoms with van der Waals surface area (Å²) in [5, 5.41) is 4.23. The Hall–Kier alpha value is -3.47. The van der Waals surface area contributed by atoms with Crippen LogP contribution < -0.4 is 5.32 Å². The molecule has 0 saturated carbocycles. The summed E-state index contributed by atoms with van der Waals surface area (Å²) >= 11 is 0. The highest BCUT2D eigenvalue weighted by atomic mass is 19.4. The molecule has 1 atom stereocenters. The van der Waals surface area contributed by atoms with Crippen molar-refractivity contribution in [2.24, 2.45) is 4.99 Å². The van der Waals surface area contributed by atoms with E-state index in [-0.39, 0.29) is 17.6 Å². The summed E-state index contributed by atoms with van der Waals surface area (Å²) in [7, 11) is 0. The van der Waals surface area contributed by atoms with E-state index in [1.54, 1.807) is 13.1 Å². The number of amidine groups is 1. The van der Waals surface area contributed by atoms with Gasteiger partial charge in [0.05, 0.1) is 43.2 Å². The monoisotopic (exact) mass is 553 g/mol. The molecule has 0 spiro atoms. The molecule has 7 nitrogen and oxygen atoms in total. The largest absolute Gasteiger partial charge is 0.419 e. The predicted molar refractivity (Wildman–Crippen MR) is 149 cm³/mol. The van der Waals surface area contributed by atoms with Crippen LogP contribution >= 0.6 is 0 Å². The first kappa shape index (κ1) is 28.1. The maximum Gasteiger partial charge on any atom is 0.419 e. The van der Waals surface area contributed by atoms with Gasteiger partial charge in [-0.25, -0.2) is 15.0 Å². The van der Waals surface area contributed by atoms with Crippen LogP contribution in [0.3, 0.4) is 0 Å². The first-order valence-corrected chi connectivity index (χ1v) is 13.5. The van der Waals surface area contributed by atoms with Crippen LogP contribution in [-0.4, -0.2) is 65.9 Å². The fourth-order valence-corrected chi connectivity index (χ4v) is 5.12. The maximum atomic E-state index is 14.0. The zero-order chi connectivity index (χ0) is 28.1. The standard InChI is InChI=1S/C30H34F3N5O2/c1-21(38-28(13-16-40-38)24-7-4-3-5-8-24)27(30(31,32)33)18-34-22(2)36-29-11-10-25(17-35-29)23-9-6-14-37(15-12-23)26-19-39-20-26/h3-5,7-11,17-18,26,28H,1,6,12-16,19-20H2,2H3,(H,34,35,36)/b27-18+. The fraction of sp³-hybridized carbons (Fsp3) is 0.400. The third-order valence-corrected chi connectivity index (χ3v) is 7.41. The van der Waals surface area contributed by atoms with E-state index in [2.05, 4.69) is 32.8 Å². The highest BCUT2D eigenvalue weighted by Crippen LogP contribution is 2.40. The average molecular weight is 554 g/mol. The normalized spacial score (nSPS) is 21.6. The van der Waals surface area contributed by atoms with Gasteiger partial charge in [-0.15, -0.1) is 0 Å². The lowest BCUT2D eigenvalue weighted by Gasteiger charge is -2.36. The van der Waals surface area contributed by atoms with Gasteiger partial charge in [-0.2, -0.15) is 13.2 Å². The van der Waals surface area contributed by atoms with Crippen molar-refractivity contribution in [2.75, 3.05) is 38.2 Å². The van der Waals surface area contributed by atoms with Crippen molar-refractivity contribution in [3.63, 3.8) is 0 Å². The Morgan fingerprint density at radius 3 is 2.62 bits per heavy atom. The second kappa shape index (κ2) is 12.4. The van der Waals surface area contributed by atoms with Crippen LogP contribution in [0.1, 0.15) is 43.4 Å². The van der Waals surface area contributed by atoms with E-state index in [1.165, 1.54) is 10.6 Å². The molecular formula is C30H34F3N5O2. The Balaban J connectivity index is 1.24. The van der Waals surface area contributed by atoms with E-state index in [0.29, 0.717) is 24.9 Å². The van der Waals surface area contributed by atoms with Crippen molar-refractivity contribution in [3.8, 4) is 0 Å². The quantitative estimate of drug-likeness (QED) is 0.253. The van der Waals surface area contributed by atoms with Crippen LogP contribution in [0.25, 0.3) is 5.57 Å². The average Bonchev–Trinajstić information content (AvgIpc) is 3.28. The molecule has 2 saturated heterocycles. The highest BCUT2D eigenvalue weighted by Gasteiger charge is 2.41. The van der Waals surface area contributed by atoms with Gasteiger partial charge in [-0.3, -0.25) is 9.74 Å². The van der Waals surface area contributed by atoms with Crippen LogP contribution in [-0.2, 0) is 9.57 Å². The van der Waals surface area contributed by atoms with E-state index in [9.17, 15) is 13.2 Å². The van der Waals surface area contributed by atoms with Crippen molar-refractivity contribution >= 4 is 17.2 Å². The Kier molecular flexibility index (Phi) is 8.68. The Morgan fingerprint density at radius 2 is 1.95 bits per heavy atom. The smallest absolute Gasteiger partial charge is 0.378 e. The minimum Gasteiger partial charge on any atom is -0.378 e. The van der Waals surface area contributed by atoms with Gasteiger partial charge in [-0.1, -0.05) is 43.0 Å². The lowest BCUT2D eigenvalue weighted by Crippen LogP contribution is -2.49. The highest BCUT2D eigenvalue weighted by molar-refractivity contribution is 5.93. The zero-order valence-electron chi connectivity index (χ0n) is 22.5. The van der Waals surface area contributed by atoms with Crippen molar-refractivity contribution in [3.05, 3.63) is 89.9 Å². The van der Waals surface area contributed by atoms with Crippen LogP contribution in [0.4, 0.5) is 19.0 Å². The van der Waals surface area contributed by atoms with Crippen molar-refractivity contribution in [1.82, 2.24) is 14.9 Å². The number of pyridine rings is 1. The molecule has 3 aliphatic rings. The van der Waals surface area contributed by atoms with Crippen LogP contribution in [0.5, 0.6) is 0 Å². The van der Waals surface area contributed by atoms with Gasteiger partial charge in [0, 0.05) is 31.9 Å². The number of ether oxygens (including phenoxy) is 1. The molecule has 2 aromatic rings. The van der Waals surface area contributed by atoms with Crippen molar-refractivity contribution in [1.29, 1.82) is 0 Å². The molecule has 40 heavy (non-hydrogen) atoms. The molecule has 1 N–H and O–H groups in total. The number of nitrogens with zero attached hydrogens (tertiary/aromatic N) is 4. The number of rotatable bonds is 7. The summed E-state index contributed by atoms with van der Waals surface area (Å²) in [6, 6.07) is 13.3. The molecule has 4 heterocycles. The second-order valence-corrected chi connectivity index (χ2v) is 10.1. The predicted octanol–water partition coefficient (Wildman–Crippen LogP) is 6.13. The molecular weight excluding hydrogens is 519 g/mol. The molecule has 1 unspecified atom stereocenters. The molecule has 5 rings (SSSR count). The van der Waals surface area contributed by atoms with E-state index < -0.39 is 11.7 Å². The second-order valence-electron chi connectivity index (χ2n) is 10.1. The topological polar surface area (TPSA) is 62.2 Å². The van der Waals surface area contributed by atoms with Gasteiger partial charge in [0.25, 0.3) is 0 Å². The van der Waals surface area contributed by atoms with Gasteiger partial charge in [0.15, 0.2) is 0 Å². The van der Waals surface area contributed by atoms with Crippen LogP contribution in [0.2, 0.25) is 0 Å². The summed E-state index contributed by atoms with van der Waals surface area (Å²) in [6.45, 7) is 9.25. The molecule has 10 heteroatoms. The molecule has 0 radical (unpaired) electrons. The van der Waals surface area contributed by atoms with E-state index in [4.69, 9.17) is 9.57 Å². The maximum absolute atomic E-state index is 14.0. The summed E-state index contributed by atoms with van der Waals surface area (Å²) in [5.74, 6) is 0.768. The van der Waals surface area contributed by atoms with Crippen LogP contribution in [0, 0.1) is 0 Å². The number of aromatic nitrogens is 1. The number of nitrogens with one attached hydrogen (secondary N) is 1. The minimum absolute atomic E-state index is 0.267. The lowest BCUT2D eigenvalue weighted by atomic mass is 10.0. The molecule has 1 aromatic heterocycles. The Morgan fingerprint density at radius 1 is 1.15 bits per heavy atom. The number of aliphatic imine (C=N–C) groups is 1. The van der Waals surface area contributed by atoms with Gasteiger partial charge in [-0.05, 0) is 48.6 Å². The van der Waals surface area contributed by atoms with Crippen molar-refractivity contribution in [2.45, 2.75) is 44.4 Å². The SMILES string of the molecule is C=C(/C(=C\N=C(/C)Nc1ccc(C2=CCCN(C3COC3)CC2)cn1)C(F)(F)F)N1OCCC1c1ccccc1. The molecule has 0 amide bonds. The molecule has 0 bridgehead atoms. The number of hydroxylamine groups is 2. The zero-order valence-corrected chi connectivity index (χ0v) is 22.5. The Bertz CT molecular complexity index is 1270. The molecule has 1 aromatic carbocycles. The number of anilines is 1. The number of hydrogen-bond acceptors (Lipinski definition) is 6. The summed E-state index contributed by atoms with van der Waals surface area (Å²) < 4.78 is 47.5. The number of alkyl halides is 3. The number of halogens is 3. The summed E-state index contributed by atoms with van der Waals surface area (Å²) in [5.41, 5.74) is 1.91. The summed E-state index contributed by atoms with van der Waals surface area (Å²) in [4.78, 5) is 16.6. The minimum atomic E-state index is -4.67. The first-order valence-electron chi connectivity index (χ1n) is 13.5. The fourth-order valence-electron chi connectivity index (χ4n) is 5.12. The van der Waals surface area contributed by atoms with Gasteiger partial charge in [0.2, 0.25) is 0 Å². The van der Waals surface area contributed by atoms with Gasteiger partial charge >= 0.3 is 6.18 Å². The molecule has 3 aliphatic heterocycles. The van der Waals surface area contributed by atoms with E-state index >= 15 is 0 Å².